The summed E-state index contributed by atoms with van der Waals surface area (Å²) in [5.41, 5.74) is 7.92. The number of carbonyl (C=O) groups excluding carboxylic acids is 1. The van der Waals surface area contributed by atoms with Crippen molar-refractivity contribution in [3.8, 4) is 0 Å². The van der Waals surface area contributed by atoms with Gasteiger partial charge < -0.3 is 11.1 Å². The van der Waals surface area contributed by atoms with Crippen molar-refractivity contribution in [2.75, 3.05) is 5.73 Å². The summed E-state index contributed by atoms with van der Waals surface area (Å²) in [6.07, 6.45) is 0.820. The van der Waals surface area contributed by atoms with E-state index in [0.717, 1.165) is 16.5 Å². The van der Waals surface area contributed by atoms with Crippen LogP contribution in [0.5, 0.6) is 0 Å². The molecule has 3 N–H and O–H groups in total. The molecule has 0 aromatic heterocycles. The van der Waals surface area contributed by atoms with E-state index in [4.69, 9.17) is 5.73 Å². The first-order valence-corrected chi connectivity index (χ1v) is 7.32. The lowest BCUT2D eigenvalue weighted by molar-refractivity contribution is 0.0936. The molecule has 2 rings (SSSR count). The first-order valence-electron chi connectivity index (χ1n) is 6.52. The van der Waals surface area contributed by atoms with Crippen LogP contribution in [0.25, 0.3) is 0 Å². The zero-order chi connectivity index (χ0) is 14.5. The number of nitrogens with two attached hydrogens (primary N) is 1. The Morgan fingerprint density at radius 1 is 1.20 bits per heavy atom. The zero-order valence-corrected chi connectivity index (χ0v) is 12.9. The van der Waals surface area contributed by atoms with Crippen LogP contribution in [-0.2, 0) is 0 Å². The van der Waals surface area contributed by atoms with Gasteiger partial charge in [0.25, 0.3) is 5.91 Å². The molecule has 1 atom stereocenters. The first-order chi connectivity index (χ1) is 9.61. The molecule has 2 aromatic rings. The van der Waals surface area contributed by atoms with Crippen molar-refractivity contribution in [3.63, 3.8) is 0 Å². The highest BCUT2D eigenvalue weighted by molar-refractivity contribution is 9.10. The third-order valence-corrected chi connectivity index (χ3v) is 3.72. The molecule has 0 aliphatic heterocycles. The predicted octanol–water partition coefficient (Wildman–Crippen LogP) is 3.91. The van der Waals surface area contributed by atoms with Crippen molar-refractivity contribution in [2.45, 2.75) is 19.4 Å². The summed E-state index contributed by atoms with van der Waals surface area (Å²) < 4.78 is 1.02. The van der Waals surface area contributed by atoms with Gasteiger partial charge in [-0.2, -0.15) is 0 Å². The number of benzene rings is 2. The van der Waals surface area contributed by atoms with Crippen LogP contribution in [-0.4, -0.2) is 5.91 Å². The maximum atomic E-state index is 12.3. The fourth-order valence-corrected chi connectivity index (χ4v) is 2.32. The summed E-state index contributed by atoms with van der Waals surface area (Å²) in [5, 5.41) is 3.03. The van der Waals surface area contributed by atoms with Gasteiger partial charge >= 0.3 is 0 Å². The number of nitrogen functional groups attached to an aromatic ring is 1. The van der Waals surface area contributed by atoms with E-state index in [1.807, 2.05) is 43.3 Å². The molecular weight excluding hydrogens is 316 g/mol. The SMILES string of the molecule is CCC(NC(=O)c1ccccc1N)c1ccc(Br)cc1. The van der Waals surface area contributed by atoms with Gasteiger partial charge in [0.2, 0.25) is 0 Å². The molecule has 0 bridgehead atoms. The molecule has 4 heteroatoms. The van der Waals surface area contributed by atoms with Gasteiger partial charge in [0, 0.05) is 10.2 Å². The summed E-state index contributed by atoms with van der Waals surface area (Å²) >= 11 is 3.41. The number of hydrogen-bond donors (Lipinski definition) is 2. The van der Waals surface area contributed by atoms with Crippen LogP contribution in [0.4, 0.5) is 5.69 Å². The topological polar surface area (TPSA) is 55.1 Å². The molecule has 104 valence electrons. The Bertz CT molecular complexity index is 596. The Kier molecular flexibility index (Phi) is 4.79. The normalized spacial score (nSPS) is 11.9. The first kappa shape index (κ1) is 14.6. The van der Waals surface area contributed by atoms with Crippen molar-refractivity contribution in [1.29, 1.82) is 0 Å². The molecule has 0 heterocycles. The highest BCUT2D eigenvalue weighted by atomic mass is 79.9. The standard InChI is InChI=1S/C16H17BrN2O/c1-2-15(11-7-9-12(17)10-8-11)19-16(20)13-5-3-4-6-14(13)18/h3-10,15H,2,18H2,1H3,(H,19,20). The number of anilines is 1. The van der Waals surface area contributed by atoms with E-state index in [9.17, 15) is 4.79 Å². The van der Waals surface area contributed by atoms with Crippen molar-refractivity contribution >= 4 is 27.5 Å². The lowest BCUT2D eigenvalue weighted by atomic mass is 10.0. The van der Waals surface area contributed by atoms with Crippen LogP contribution in [0.15, 0.2) is 53.0 Å². The van der Waals surface area contributed by atoms with Crippen LogP contribution in [0, 0.1) is 0 Å². The van der Waals surface area contributed by atoms with Crippen molar-refractivity contribution in [2.24, 2.45) is 0 Å². The molecule has 1 unspecified atom stereocenters. The second kappa shape index (κ2) is 6.57. The van der Waals surface area contributed by atoms with Crippen molar-refractivity contribution in [3.05, 3.63) is 64.1 Å². The lowest BCUT2D eigenvalue weighted by Gasteiger charge is -2.18. The number of halogens is 1. The summed E-state index contributed by atoms with van der Waals surface area (Å²) in [4.78, 5) is 12.3. The summed E-state index contributed by atoms with van der Waals surface area (Å²) in [6, 6.07) is 15.0. The third-order valence-electron chi connectivity index (χ3n) is 3.19. The van der Waals surface area contributed by atoms with E-state index in [1.54, 1.807) is 12.1 Å². The van der Waals surface area contributed by atoms with E-state index in [1.165, 1.54) is 0 Å². The average molecular weight is 333 g/mol. The Hall–Kier alpha value is -1.81. The molecule has 0 spiro atoms. The van der Waals surface area contributed by atoms with E-state index in [0.29, 0.717) is 11.3 Å². The maximum Gasteiger partial charge on any atom is 0.253 e. The van der Waals surface area contributed by atoms with Gasteiger partial charge in [-0.05, 0) is 36.2 Å². The third kappa shape index (κ3) is 3.39. The van der Waals surface area contributed by atoms with Gasteiger partial charge in [-0.1, -0.05) is 47.1 Å². The van der Waals surface area contributed by atoms with E-state index < -0.39 is 0 Å². The second-order valence-electron chi connectivity index (χ2n) is 4.57. The minimum absolute atomic E-state index is 0.0183. The molecular formula is C16H17BrN2O. The highest BCUT2D eigenvalue weighted by Crippen LogP contribution is 2.20. The Morgan fingerprint density at radius 2 is 1.85 bits per heavy atom. The summed E-state index contributed by atoms with van der Waals surface area (Å²) in [6.45, 7) is 2.04. The molecule has 0 fully saturated rings. The molecule has 0 aliphatic rings. The fraction of sp³-hybridized carbons (Fsp3) is 0.188. The van der Waals surface area contributed by atoms with Crippen molar-refractivity contribution < 1.29 is 4.79 Å². The van der Waals surface area contributed by atoms with Crippen LogP contribution in [0.1, 0.15) is 35.3 Å². The van der Waals surface area contributed by atoms with Crippen LogP contribution in [0.2, 0.25) is 0 Å². The van der Waals surface area contributed by atoms with Crippen molar-refractivity contribution in [1.82, 2.24) is 5.32 Å². The number of hydrogen-bond acceptors (Lipinski definition) is 2. The molecule has 0 saturated carbocycles. The van der Waals surface area contributed by atoms with Crippen LogP contribution in [0.3, 0.4) is 0 Å². The monoisotopic (exact) mass is 332 g/mol. The minimum Gasteiger partial charge on any atom is -0.398 e. The van der Waals surface area contributed by atoms with E-state index >= 15 is 0 Å². The summed E-state index contributed by atoms with van der Waals surface area (Å²) in [7, 11) is 0. The van der Waals surface area contributed by atoms with Gasteiger partial charge in [0.15, 0.2) is 0 Å². The van der Waals surface area contributed by atoms with Gasteiger partial charge in [0.1, 0.15) is 0 Å². The maximum absolute atomic E-state index is 12.3. The molecule has 3 nitrogen and oxygen atoms in total. The number of nitrogens with one attached hydrogen (secondary N) is 1. The predicted molar refractivity (Wildman–Crippen MR) is 85.5 cm³/mol. The molecule has 0 aliphatic carbocycles. The smallest absolute Gasteiger partial charge is 0.253 e. The Labute approximate surface area is 127 Å². The van der Waals surface area contributed by atoms with Gasteiger partial charge in [0.05, 0.1) is 11.6 Å². The van der Waals surface area contributed by atoms with Crippen LogP contribution < -0.4 is 11.1 Å². The molecule has 1 amide bonds. The molecule has 20 heavy (non-hydrogen) atoms. The van der Waals surface area contributed by atoms with Gasteiger partial charge in [-0.15, -0.1) is 0 Å². The minimum atomic E-state index is -0.141. The zero-order valence-electron chi connectivity index (χ0n) is 11.3. The second-order valence-corrected chi connectivity index (χ2v) is 5.49. The number of para-hydroxylation sites is 1. The van der Waals surface area contributed by atoms with E-state index in [-0.39, 0.29) is 11.9 Å². The molecule has 0 saturated heterocycles. The average Bonchev–Trinajstić information content (AvgIpc) is 2.46. The lowest BCUT2D eigenvalue weighted by Crippen LogP contribution is -2.28. The van der Waals surface area contributed by atoms with Gasteiger partial charge in [-0.25, -0.2) is 0 Å². The number of amides is 1. The Morgan fingerprint density at radius 3 is 2.45 bits per heavy atom. The number of carbonyl (C=O) groups is 1. The van der Waals surface area contributed by atoms with E-state index in [2.05, 4.69) is 21.2 Å². The Balaban J connectivity index is 2.16. The van der Waals surface area contributed by atoms with Crippen LogP contribution >= 0.6 is 15.9 Å². The fourth-order valence-electron chi connectivity index (χ4n) is 2.06. The summed E-state index contributed by atoms with van der Waals surface area (Å²) in [5.74, 6) is -0.141. The van der Waals surface area contributed by atoms with Gasteiger partial charge in [-0.3, -0.25) is 4.79 Å². The quantitative estimate of drug-likeness (QED) is 0.834. The largest absolute Gasteiger partial charge is 0.398 e. The number of rotatable bonds is 4. The molecule has 2 aromatic carbocycles. The highest BCUT2D eigenvalue weighted by Gasteiger charge is 2.15. The molecule has 0 radical (unpaired) electrons.